The van der Waals surface area contributed by atoms with E-state index < -0.39 is 0 Å². The average molecular weight is 422 g/mol. The number of nitrogens with zero attached hydrogens (tertiary/aromatic N) is 2. The molecule has 1 N–H and O–H groups in total. The second-order valence-corrected chi connectivity index (χ2v) is 8.35. The van der Waals surface area contributed by atoms with E-state index in [0.717, 1.165) is 42.8 Å². The maximum atomic E-state index is 13.2. The molecule has 0 unspecified atom stereocenters. The molecule has 2 heterocycles. The number of hydrogen-bond acceptors (Lipinski definition) is 4. The molecule has 0 spiro atoms. The number of hydrogen-bond donors (Lipinski definition) is 1. The lowest BCUT2D eigenvalue weighted by Gasteiger charge is -2.32. The summed E-state index contributed by atoms with van der Waals surface area (Å²) in [6, 6.07) is 18.2. The van der Waals surface area contributed by atoms with Crippen molar-refractivity contribution < 1.29 is 13.7 Å². The lowest BCUT2D eigenvalue weighted by atomic mass is 9.81. The van der Waals surface area contributed by atoms with E-state index in [2.05, 4.69) is 10.5 Å². The van der Waals surface area contributed by atoms with Gasteiger partial charge in [0.15, 0.2) is 5.76 Å². The van der Waals surface area contributed by atoms with E-state index >= 15 is 0 Å². The second kappa shape index (κ2) is 9.88. The summed E-state index contributed by atoms with van der Waals surface area (Å²) in [5.74, 6) is 1.15. The average Bonchev–Trinajstić information content (AvgIpc) is 3.25. The minimum absolute atomic E-state index is 0.174. The van der Waals surface area contributed by atoms with Crippen LogP contribution in [-0.4, -0.2) is 36.1 Å². The Morgan fingerprint density at radius 2 is 1.94 bits per heavy atom. The summed E-state index contributed by atoms with van der Waals surface area (Å²) >= 11 is 0. The number of carbonyl (C=O) groups excluding carboxylic acids is 1. The van der Waals surface area contributed by atoms with Crippen LogP contribution in [0, 0.1) is 17.7 Å². The van der Waals surface area contributed by atoms with Gasteiger partial charge in [-0.3, -0.25) is 4.79 Å². The Bertz CT molecular complexity index is 988. The first-order valence-corrected chi connectivity index (χ1v) is 10.8. The Hall–Kier alpha value is -2.99. The molecular formula is C25H28FN3O2. The molecule has 4 rings (SSSR count). The maximum absolute atomic E-state index is 13.2. The van der Waals surface area contributed by atoms with Crippen LogP contribution in [-0.2, 0) is 17.8 Å². The van der Waals surface area contributed by atoms with Crippen LogP contribution in [0.25, 0.3) is 11.3 Å². The Kier molecular flexibility index (Phi) is 6.77. The predicted molar refractivity (Wildman–Crippen MR) is 118 cm³/mol. The molecule has 162 valence electrons. The Labute approximate surface area is 182 Å². The van der Waals surface area contributed by atoms with Crippen molar-refractivity contribution >= 4 is 5.91 Å². The molecule has 1 aromatic heterocycles. The van der Waals surface area contributed by atoms with Gasteiger partial charge in [0.2, 0.25) is 5.91 Å². The van der Waals surface area contributed by atoms with Gasteiger partial charge in [0, 0.05) is 31.6 Å². The molecule has 3 aromatic rings. The van der Waals surface area contributed by atoms with Gasteiger partial charge >= 0.3 is 0 Å². The lowest BCUT2D eigenvalue weighted by molar-refractivity contribution is -0.132. The summed E-state index contributed by atoms with van der Waals surface area (Å²) in [7, 11) is 1.87. The fourth-order valence-electron chi connectivity index (χ4n) is 4.24. The number of aromatic nitrogens is 1. The fraction of sp³-hybridized carbons (Fsp3) is 0.360. The summed E-state index contributed by atoms with van der Waals surface area (Å²) < 4.78 is 18.6. The van der Waals surface area contributed by atoms with Gasteiger partial charge in [0.25, 0.3) is 0 Å². The lowest BCUT2D eigenvalue weighted by Crippen LogP contribution is -2.40. The minimum atomic E-state index is -0.276. The van der Waals surface area contributed by atoms with E-state index in [-0.39, 0.29) is 11.7 Å². The van der Waals surface area contributed by atoms with Crippen molar-refractivity contribution in [2.24, 2.45) is 11.8 Å². The third kappa shape index (κ3) is 5.58. The van der Waals surface area contributed by atoms with Crippen molar-refractivity contribution in [1.82, 2.24) is 15.4 Å². The van der Waals surface area contributed by atoms with Crippen LogP contribution in [0.5, 0.6) is 0 Å². The quantitative estimate of drug-likeness (QED) is 0.618. The van der Waals surface area contributed by atoms with E-state index in [9.17, 15) is 9.18 Å². The van der Waals surface area contributed by atoms with Crippen molar-refractivity contribution in [3.8, 4) is 11.3 Å². The van der Waals surface area contributed by atoms with Crippen molar-refractivity contribution in [1.29, 1.82) is 0 Å². The van der Waals surface area contributed by atoms with E-state index in [4.69, 9.17) is 4.52 Å². The summed E-state index contributed by atoms with van der Waals surface area (Å²) in [6.45, 7) is 2.41. The van der Waals surface area contributed by atoms with Crippen LogP contribution in [0.15, 0.2) is 65.2 Å². The molecule has 1 aliphatic heterocycles. The highest BCUT2D eigenvalue weighted by atomic mass is 19.1. The molecule has 1 saturated heterocycles. The predicted octanol–water partition coefficient (Wildman–Crippen LogP) is 4.30. The van der Waals surface area contributed by atoms with Crippen LogP contribution < -0.4 is 5.32 Å². The van der Waals surface area contributed by atoms with Crippen molar-refractivity contribution in [3.63, 3.8) is 0 Å². The van der Waals surface area contributed by atoms with Gasteiger partial charge in [-0.05, 0) is 67.6 Å². The number of halogens is 1. The van der Waals surface area contributed by atoms with Gasteiger partial charge in [-0.2, -0.15) is 0 Å². The largest absolute Gasteiger partial charge is 0.356 e. The van der Waals surface area contributed by atoms with Gasteiger partial charge in [-0.1, -0.05) is 35.5 Å². The van der Waals surface area contributed by atoms with Crippen LogP contribution in [0.1, 0.15) is 24.1 Å². The molecule has 0 bridgehead atoms. The fourth-order valence-corrected chi connectivity index (χ4v) is 4.24. The van der Waals surface area contributed by atoms with Crippen LogP contribution in [0.3, 0.4) is 0 Å². The van der Waals surface area contributed by atoms with Gasteiger partial charge in [0.05, 0.1) is 5.69 Å². The highest BCUT2D eigenvalue weighted by molar-refractivity contribution is 5.76. The third-order valence-corrected chi connectivity index (χ3v) is 6.05. The molecule has 0 radical (unpaired) electrons. The third-order valence-electron chi connectivity index (χ3n) is 6.05. The first-order valence-electron chi connectivity index (χ1n) is 10.8. The molecule has 1 fully saturated rings. The van der Waals surface area contributed by atoms with E-state index in [1.165, 1.54) is 12.1 Å². The molecular weight excluding hydrogens is 393 g/mol. The maximum Gasteiger partial charge on any atom is 0.222 e. The number of nitrogens with one attached hydrogen (secondary N) is 1. The van der Waals surface area contributed by atoms with Gasteiger partial charge in [0.1, 0.15) is 5.82 Å². The number of amides is 1. The van der Waals surface area contributed by atoms with Gasteiger partial charge < -0.3 is 14.7 Å². The molecule has 0 aliphatic carbocycles. The number of carbonyl (C=O) groups is 1. The van der Waals surface area contributed by atoms with E-state index in [1.54, 1.807) is 12.1 Å². The van der Waals surface area contributed by atoms with Gasteiger partial charge in [-0.15, -0.1) is 0 Å². The Balaban J connectivity index is 1.37. The zero-order valence-corrected chi connectivity index (χ0v) is 17.8. The Morgan fingerprint density at radius 1 is 1.16 bits per heavy atom. The second-order valence-electron chi connectivity index (χ2n) is 8.35. The van der Waals surface area contributed by atoms with Crippen LogP contribution >= 0.6 is 0 Å². The monoisotopic (exact) mass is 421 g/mol. The zero-order valence-electron chi connectivity index (χ0n) is 17.8. The first kappa shape index (κ1) is 21.2. The topological polar surface area (TPSA) is 58.4 Å². The van der Waals surface area contributed by atoms with Crippen molar-refractivity contribution in [2.45, 2.75) is 25.8 Å². The van der Waals surface area contributed by atoms with E-state index in [0.29, 0.717) is 30.6 Å². The SMILES string of the molecule is CN(Cc1ccccc1)C(=O)C[C@H]1CCNC[C@@H]1Cc1cc(-c2ccc(F)cc2)on1. The summed E-state index contributed by atoms with van der Waals surface area (Å²) in [4.78, 5) is 14.7. The summed E-state index contributed by atoms with van der Waals surface area (Å²) in [5, 5.41) is 7.67. The van der Waals surface area contributed by atoms with E-state index in [1.807, 2.05) is 48.3 Å². The highest BCUT2D eigenvalue weighted by Crippen LogP contribution is 2.28. The molecule has 2 aromatic carbocycles. The molecule has 1 aliphatic rings. The van der Waals surface area contributed by atoms with Crippen LogP contribution in [0.2, 0.25) is 0 Å². The number of benzene rings is 2. The van der Waals surface area contributed by atoms with Crippen LogP contribution in [0.4, 0.5) is 4.39 Å². The zero-order chi connectivity index (χ0) is 21.6. The standard InChI is InChI=1S/C25H28FN3O2/c1-29(17-18-5-3-2-4-6-18)25(30)14-20-11-12-27-16-21(20)13-23-15-24(31-28-23)19-7-9-22(26)10-8-19/h2-10,15,20-21,27H,11-14,16-17H2,1H3/t20-,21+/m1/s1. The number of rotatable bonds is 7. The van der Waals surface area contributed by atoms with Gasteiger partial charge in [-0.25, -0.2) is 4.39 Å². The normalized spacial score (nSPS) is 18.6. The first-order chi connectivity index (χ1) is 15.1. The molecule has 0 saturated carbocycles. The molecule has 1 amide bonds. The number of piperidine rings is 1. The summed E-state index contributed by atoms with van der Waals surface area (Å²) in [5.41, 5.74) is 2.80. The Morgan fingerprint density at radius 3 is 2.71 bits per heavy atom. The molecule has 31 heavy (non-hydrogen) atoms. The molecule has 2 atom stereocenters. The van der Waals surface area contributed by atoms with Crippen molar-refractivity contribution in [2.75, 3.05) is 20.1 Å². The molecule has 6 heteroatoms. The highest BCUT2D eigenvalue weighted by Gasteiger charge is 2.29. The minimum Gasteiger partial charge on any atom is -0.356 e. The van der Waals surface area contributed by atoms with Crippen molar-refractivity contribution in [3.05, 3.63) is 77.7 Å². The smallest absolute Gasteiger partial charge is 0.222 e. The molecule has 5 nitrogen and oxygen atoms in total. The summed E-state index contributed by atoms with van der Waals surface area (Å²) in [6.07, 6.45) is 2.26.